The Kier molecular flexibility index (Phi) is 6.50. The van der Waals surface area contributed by atoms with E-state index in [1.54, 1.807) is 0 Å². The van der Waals surface area contributed by atoms with Crippen molar-refractivity contribution in [2.24, 2.45) is 5.11 Å². The molecule has 0 bridgehead atoms. The van der Waals surface area contributed by atoms with E-state index in [0.29, 0.717) is 6.42 Å². The summed E-state index contributed by atoms with van der Waals surface area (Å²) in [6.45, 7) is 3.36. The van der Waals surface area contributed by atoms with Crippen molar-refractivity contribution in [1.29, 1.82) is 0 Å². The lowest BCUT2D eigenvalue weighted by molar-refractivity contribution is -0.144. The van der Waals surface area contributed by atoms with Crippen LogP contribution in [-0.4, -0.2) is 31.6 Å². The molecule has 0 saturated carbocycles. The first-order chi connectivity index (χ1) is 10.1. The summed E-state index contributed by atoms with van der Waals surface area (Å²) < 4.78 is 4.68. The van der Waals surface area contributed by atoms with Crippen molar-refractivity contribution in [2.75, 3.05) is 13.7 Å². The number of carbonyl (C=O) groups excluding carboxylic acids is 2. The van der Waals surface area contributed by atoms with E-state index in [0.717, 1.165) is 5.56 Å². The molecule has 0 saturated heterocycles. The minimum atomic E-state index is -0.826. The average Bonchev–Trinajstić information content (AvgIpc) is 2.51. The second-order valence-electron chi connectivity index (χ2n) is 4.23. The summed E-state index contributed by atoms with van der Waals surface area (Å²) in [6, 6.07) is 8.40. The molecule has 1 N–H and O–H groups in total. The molecule has 1 unspecified atom stereocenters. The molecule has 21 heavy (non-hydrogen) atoms. The number of methoxy groups -OCH3 is 1. The summed E-state index contributed by atoms with van der Waals surface area (Å²) in [7, 11) is 1.25. The van der Waals surface area contributed by atoms with Crippen molar-refractivity contribution in [1.82, 2.24) is 5.32 Å². The van der Waals surface area contributed by atoms with Crippen molar-refractivity contribution >= 4 is 11.9 Å². The number of hydrogen-bond acceptors (Lipinski definition) is 4. The summed E-state index contributed by atoms with van der Waals surface area (Å²) >= 11 is 0. The summed E-state index contributed by atoms with van der Waals surface area (Å²) in [4.78, 5) is 26.2. The molecule has 110 valence electrons. The van der Waals surface area contributed by atoms with Crippen LogP contribution < -0.4 is 5.32 Å². The lowest BCUT2D eigenvalue weighted by Gasteiger charge is -2.17. The average molecular weight is 288 g/mol. The van der Waals surface area contributed by atoms with Gasteiger partial charge in [-0.25, -0.2) is 4.79 Å². The van der Waals surface area contributed by atoms with Crippen LogP contribution in [0.25, 0.3) is 10.4 Å². The number of hydrogen-bond donors (Lipinski definition) is 1. The van der Waals surface area contributed by atoms with Gasteiger partial charge in [-0.3, -0.25) is 4.79 Å². The van der Waals surface area contributed by atoms with E-state index in [9.17, 15) is 9.59 Å². The molecule has 1 amide bonds. The van der Waals surface area contributed by atoms with Gasteiger partial charge in [0.1, 0.15) is 6.04 Å². The maximum Gasteiger partial charge on any atom is 0.328 e. The fraction of sp³-hybridized carbons (Fsp3) is 0.286. The molecule has 7 nitrogen and oxygen atoms in total. The zero-order valence-electron chi connectivity index (χ0n) is 11.7. The Morgan fingerprint density at radius 2 is 2.10 bits per heavy atom. The monoisotopic (exact) mass is 288 g/mol. The predicted octanol–water partition coefficient (Wildman–Crippen LogP) is 1.75. The van der Waals surface area contributed by atoms with E-state index in [4.69, 9.17) is 5.53 Å². The normalized spacial score (nSPS) is 10.9. The minimum Gasteiger partial charge on any atom is -0.467 e. The molecule has 0 aliphatic carbocycles. The van der Waals surface area contributed by atoms with Crippen LogP contribution in [0.1, 0.15) is 5.56 Å². The first-order valence-electron chi connectivity index (χ1n) is 6.19. The Balaban J connectivity index is 2.75. The van der Waals surface area contributed by atoms with Gasteiger partial charge in [-0.2, -0.15) is 0 Å². The number of nitrogens with zero attached hydrogens (tertiary/aromatic N) is 3. The number of benzene rings is 1. The second kappa shape index (κ2) is 8.39. The highest BCUT2D eigenvalue weighted by Gasteiger charge is 2.22. The number of carbonyl (C=O) groups is 2. The number of ether oxygens (including phenoxy) is 1. The van der Waals surface area contributed by atoms with Crippen LogP contribution in [-0.2, 0) is 20.7 Å². The van der Waals surface area contributed by atoms with Gasteiger partial charge < -0.3 is 10.1 Å². The van der Waals surface area contributed by atoms with Crippen molar-refractivity contribution in [3.8, 4) is 0 Å². The number of nitrogens with one attached hydrogen (secondary N) is 1. The number of esters is 1. The van der Waals surface area contributed by atoms with Crippen LogP contribution >= 0.6 is 0 Å². The molecule has 7 heteroatoms. The highest BCUT2D eigenvalue weighted by Crippen LogP contribution is 2.05. The second-order valence-corrected chi connectivity index (χ2v) is 4.23. The molecule has 0 aromatic heterocycles. The SMILES string of the molecule is C=C(CN=[N+]=[N-])C(=O)NC(Cc1ccccc1)C(=O)OC. The van der Waals surface area contributed by atoms with Crippen LogP contribution in [0.3, 0.4) is 0 Å². The number of azide groups is 1. The molecule has 0 heterocycles. The molecule has 0 spiro atoms. The van der Waals surface area contributed by atoms with E-state index in [1.165, 1.54) is 7.11 Å². The largest absolute Gasteiger partial charge is 0.467 e. The van der Waals surface area contributed by atoms with Gasteiger partial charge in [0.05, 0.1) is 13.7 Å². The zero-order valence-corrected chi connectivity index (χ0v) is 11.7. The van der Waals surface area contributed by atoms with Gasteiger partial charge in [0.25, 0.3) is 0 Å². The van der Waals surface area contributed by atoms with E-state index >= 15 is 0 Å². The first-order valence-corrected chi connectivity index (χ1v) is 6.19. The highest BCUT2D eigenvalue weighted by atomic mass is 16.5. The molecule has 1 aromatic rings. The smallest absolute Gasteiger partial charge is 0.328 e. The molecule has 1 atom stereocenters. The molecule has 1 rings (SSSR count). The Labute approximate surface area is 122 Å². The fourth-order valence-electron chi connectivity index (χ4n) is 1.63. The van der Waals surface area contributed by atoms with E-state index in [-0.39, 0.29) is 12.1 Å². The summed E-state index contributed by atoms with van der Waals surface area (Å²) in [5.41, 5.74) is 9.17. The van der Waals surface area contributed by atoms with Crippen LogP contribution in [0.15, 0.2) is 47.6 Å². The van der Waals surface area contributed by atoms with Crippen molar-refractivity contribution < 1.29 is 14.3 Å². The van der Waals surface area contributed by atoms with Crippen molar-refractivity contribution in [3.63, 3.8) is 0 Å². The topological polar surface area (TPSA) is 104 Å². The van der Waals surface area contributed by atoms with Crippen LogP contribution in [0.4, 0.5) is 0 Å². The molecule has 0 radical (unpaired) electrons. The summed E-state index contributed by atoms with van der Waals surface area (Å²) in [5, 5.41) is 5.78. The number of rotatable bonds is 7. The highest BCUT2D eigenvalue weighted by molar-refractivity contribution is 5.96. The van der Waals surface area contributed by atoms with Gasteiger partial charge in [0.2, 0.25) is 5.91 Å². The molecule has 1 aromatic carbocycles. The van der Waals surface area contributed by atoms with Gasteiger partial charge in [-0.05, 0) is 11.1 Å². The van der Waals surface area contributed by atoms with E-state index in [1.807, 2.05) is 30.3 Å². The lowest BCUT2D eigenvalue weighted by Crippen LogP contribution is -2.43. The quantitative estimate of drug-likeness (QED) is 0.272. The van der Waals surface area contributed by atoms with Crippen LogP contribution in [0, 0.1) is 0 Å². The maximum atomic E-state index is 11.9. The molecule has 0 aliphatic heterocycles. The minimum absolute atomic E-state index is 0.0785. The molecular weight excluding hydrogens is 272 g/mol. The molecular formula is C14H16N4O3. The molecule has 0 fully saturated rings. The van der Waals surface area contributed by atoms with Gasteiger partial charge in [0, 0.05) is 16.9 Å². The number of amides is 1. The van der Waals surface area contributed by atoms with E-state index in [2.05, 4.69) is 26.7 Å². The third-order valence-corrected chi connectivity index (χ3v) is 2.72. The summed E-state index contributed by atoms with van der Waals surface area (Å²) in [6.07, 6.45) is 0.300. The van der Waals surface area contributed by atoms with Gasteiger partial charge in [0.15, 0.2) is 0 Å². The van der Waals surface area contributed by atoms with Crippen LogP contribution in [0.5, 0.6) is 0 Å². The predicted molar refractivity (Wildman–Crippen MR) is 77.2 cm³/mol. The fourth-order valence-corrected chi connectivity index (χ4v) is 1.63. The summed E-state index contributed by atoms with van der Waals surface area (Å²) in [5.74, 6) is -1.10. The van der Waals surface area contributed by atoms with Crippen LogP contribution in [0.2, 0.25) is 0 Å². The zero-order chi connectivity index (χ0) is 15.7. The van der Waals surface area contributed by atoms with Crippen molar-refractivity contribution in [3.05, 3.63) is 58.5 Å². The molecule has 0 aliphatic rings. The first kappa shape index (κ1) is 16.3. The Morgan fingerprint density at radius 3 is 2.67 bits per heavy atom. The maximum absolute atomic E-state index is 11.9. The third kappa shape index (κ3) is 5.38. The Bertz CT molecular complexity index is 565. The van der Waals surface area contributed by atoms with E-state index < -0.39 is 17.9 Å². The third-order valence-electron chi connectivity index (χ3n) is 2.72. The van der Waals surface area contributed by atoms with Gasteiger partial charge >= 0.3 is 5.97 Å². The van der Waals surface area contributed by atoms with Gasteiger partial charge in [-0.1, -0.05) is 42.0 Å². The van der Waals surface area contributed by atoms with Gasteiger partial charge in [-0.15, -0.1) is 0 Å². The Morgan fingerprint density at radius 1 is 1.43 bits per heavy atom. The van der Waals surface area contributed by atoms with Crippen molar-refractivity contribution in [2.45, 2.75) is 12.5 Å². The standard InChI is InChI=1S/C14H16N4O3/c1-10(9-16-18-15)13(19)17-12(14(20)21-2)8-11-6-4-3-5-7-11/h3-7,12H,1,8-9H2,2H3,(H,17,19). The Hall–Kier alpha value is -2.79. The lowest BCUT2D eigenvalue weighted by atomic mass is 10.1.